The fraction of sp³-hybridized carbons (Fsp3) is 0.500. The van der Waals surface area contributed by atoms with E-state index in [-0.39, 0.29) is 16.7 Å². The van der Waals surface area contributed by atoms with Gasteiger partial charge in [0, 0.05) is 12.6 Å². The number of hydrogen-bond acceptors (Lipinski definition) is 5. The Bertz CT molecular complexity index is 398. The van der Waals surface area contributed by atoms with Crippen molar-refractivity contribution >= 4 is 23.1 Å². The van der Waals surface area contributed by atoms with E-state index in [1.165, 1.54) is 12.1 Å². The molecule has 0 saturated heterocycles. The quantitative estimate of drug-likeness (QED) is 0.366. The van der Waals surface area contributed by atoms with Gasteiger partial charge >= 0.3 is 5.69 Å². The zero-order valence-electron chi connectivity index (χ0n) is 9.81. The monoisotopic (exact) mass is 258 g/mol. The Hall–Kier alpha value is -1.40. The molecule has 0 fully saturated rings. The normalized spacial score (nSPS) is 10.6. The summed E-state index contributed by atoms with van der Waals surface area (Å²) in [7, 11) is 3.94. The minimum absolute atomic E-state index is 0.0562. The lowest BCUT2D eigenvalue weighted by atomic mass is 10.3. The Morgan fingerprint density at radius 2 is 2.24 bits per heavy atom. The van der Waals surface area contributed by atoms with Crippen LogP contribution in [0, 0.1) is 10.1 Å². The molecule has 1 aromatic heterocycles. The van der Waals surface area contributed by atoms with Crippen LogP contribution in [0.25, 0.3) is 0 Å². The maximum absolute atomic E-state index is 10.7. The number of halogens is 1. The molecule has 1 rings (SSSR count). The number of nitrogens with zero attached hydrogens (tertiary/aromatic N) is 3. The maximum atomic E-state index is 10.7. The summed E-state index contributed by atoms with van der Waals surface area (Å²) in [6.07, 6.45) is 0.873. The molecule has 0 spiro atoms. The Balaban J connectivity index is 2.62. The molecular weight excluding hydrogens is 244 g/mol. The zero-order chi connectivity index (χ0) is 12.8. The van der Waals surface area contributed by atoms with Gasteiger partial charge in [-0.2, -0.15) is 0 Å². The minimum atomic E-state index is -0.475. The smallest absolute Gasteiger partial charge is 0.311 e. The first-order valence-electron chi connectivity index (χ1n) is 5.20. The van der Waals surface area contributed by atoms with Gasteiger partial charge in [-0.05, 0) is 33.1 Å². The number of anilines is 1. The van der Waals surface area contributed by atoms with Crippen molar-refractivity contribution in [2.75, 3.05) is 32.5 Å². The summed E-state index contributed by atoms with van der Waals surface area (Å²) in [6.45, 7) is 1.52. The Morgan fingerprint density at radius 3 is 2.82 bits per heavy atom. The molecule has 6 nitrogen and oxygen atoms in total. The lowest BCUT2D eigenvalue weighted by Gasteiger charge is -2.10. The summed E-state index contributed by atoms with van der Waals surface area (Å²) in [6, 6.07) is 2.76. The summed E-state index contributed by atoms with van der Waals surface area (Å²) >= 11 is 5.70. The standard InChI is InChI=1S/C10H15ClN4O2/c1-14(2)7-3-6-12-10-8(15(16)17)4-5-9(11)13-10/h4-5H,3,6-7H2,1-2H3,(H,12,13). The molecule has 0 unspecified atom stereocenters. The fourth-order valence-corrected chi connectivity index (χ4v) is 1.45. The largest absolute Gasteiger partial charge is 0.364 e. The van der Waals surface area contributed by atoms with Crippen LogP contribution in [0.5, 0.6) is 0 Å². The molecule has 1 heterocycles. The highest BCUT2D eigenvalue weighted by molar-refractivity contribution is 6.29. The molecule has 0 bridgehead atoms. The average Bonchev–Trinajstić information content (AvgIpc) is 2.23. The molecule has 1 aromatic rings. The van der Waals surface area contributed by atoms with Gasteiger partial charge < -0.3 is 10.2 Å². The van der Waals surface area contributed by atoms with Crippen LogP contribution in [0.3, 0.4) is 0 Å². The first kappa shape index (κ1) is 13.7. The van der Waals surface area contributed by atoms with Crippen molar-refractivity contribution in [3.05, 3.63) is 27.4 Å². The highest BCUT2D eigenvalue weighted by Gasteiger charge is 2.14. The van der Waals surface area contributed by atoms with Gasteiger partial charge in [0.15, 0.2) is 0 Å². The van der Waals surface area contributed by atoms with Crippen LogP contribution in [0.1, 0.15) is 6.42 Å². The van der Waals surface area contributed by atoms with Crippen LogP contribution < -0.4 is 5.32 Å². The summed E-state index contributed by atoms with van der Waals surface area (Å²) in [5.41, 5.74) is -0.0562. The topological polar surface area (TPSA) is 71.3 Å². The number of aromatic nitrogens is 1. The van der Waals surface area contributed by atoms with Crippen molar-refractivity contribution < 1.29 is 4.92 Å². The van der Waals surface area contributed by atoms with E-state index in [9.17, 15) is 10.1 Å². The van der Waals surface area contributed by atoms with Gasteiger partial charge in [0.25, 0.3) is 0 Å². The predicted molar refractivity (Wildman–Crippen MR) is 67.6 cm³/mol. The van der Waals surface area contributed by atoms with E-state index < -0.39 is 4.92 Å². The van der Waals surface area contributed by atoms with E-state index in [2.05, 4.69) is 10.3 Å². The molecule has 7 heteroatoms. The lowest BCUT2D eigenvalue weighted by Crippen LogP contribution is -2.17. The average molecular weight is 259 g/mol. The Labute approximate surface area is 105 Å². The third kappa shape index (κ3) is 4.54. The van der Waals surface area contributed by atoms with Crippen LogP contribution >= 0.6 is 11.6 Å². The van der Waals surface area contributed by atoms with Gasteiger partial charge in [0.1, 0.15) is 5.15 Å². The van der Waals surface area contributed by atoms with E-state index in [0.29, 0.717) is 6.54 Å². The fourth-order valence-electron chi connectivity index (χ4n) is 1.31. The summed E-state index contributed by atoms with van der Waals surface area (Å²) in [5, 5.41) is 13.9. The molecule has 0 amide bonds. The van der Waals surface area contributed by atoms with Gasteiger partial charge in [-0.25, -0.2) is 4.98 Å². The van der Waals surface area contributed by atoms with Crippen LogP contribution in [0.2, 0.25) is 5.15 Å². The van der Waals surface area contributed by atoms with Crippen molar-refractivity contribution in [2.45, 2.75) is 6.42 Å². The lowest BCUT2D eigenvalue weighted by molar-refractivity contribution is -0.384. The number of hydrogen-bond donors (Lipinski definition) is 1. The van der Waals surface area contributed by atoms with Gasteiger partial charge in [-0.1, -0.05) is 11.6 Å². The predicted octanol–water partition coefficient (Wildman–Crippen LogP) is 2.01. The molecular formula is C10H15ClN4O2. The molecule has 0 aromatic carbocycles. The van der Waals surface area contributed by atoms with Gasteiger partial charge in [-0.15, -0.1) is 0 Å². The van der Waals surface area contributed by atoms with Gasteiger partial charge in [0.2, 0.25) is 5.82 Å². The molecule has 0 radical (unpaired) electrons. The molecule has 17 heavy (non-hydrogen) atoms. The van der Waals surface area contributed by atoms with E-state index in [1.54, 1.807) is 0 Å². The molecule has 0 aliphatic carbocycles. The molecule has 0 aliphatic heterocycles. The second kappa shape index (κ2) is 6.36. The third-order valence-electron chi connectivity index (χ3n) is 2.11. The SMILES string of the molecule is CN(C)CCCNc1nc(Cl)ccc1[N+](=O)[O-]. The van der Waals surface area contributed by atoms with Crippen molar-refractivity contribution in [3.8, 4) is 0 Å². The van der Waals surface area contributed by atoms with E-state index >= 15 is 0 Å². The van der Waals surface area contributed by atoms with Crippen LogP contribution in [0.15, 0.2) is 12.1 Å². The first-order chi connectivity index (χ1) is 8.00. The molecule has 0 saturated carbocycles. The van der Waals surface area contributed by atoms with Gasteiger partial charge in [0.05, 0.1) is 4.92 Å². The first-order valence-corrected chi connectivity index (χ1v) is 5.58. The van der Waals surface area contributed by atoms with E-state index in [4.69, 9.17) is 11.6 Å². The molecule has 0 atom stereocenters. The molecule has 0 aliphatic rings. The summed E-state index contributed by atoms with van der Waals surface area (Å²) in [4.78, 5) is 16.2. The second-order valence-electron chi connectivity index (χ2n) is 3.84. The number of nitro groups is 1. The van der Waals surface area contributed by atoms with Crippen molar-refractivity contribution in [1.29, 1.82) is 0 Å². The molecule has 94 valence electrons. The van der Waals surface area contributed by atoms with E-state index in [0.717, 1.165) is 13.0 Å². The van der Waals surface area contributed by atoms with Crippen molar-refractivity contribution in [3.63, 3.8) is 0 Å². The maximum Gasteiger partial charge on any atom is 0.311 e. The third-order valence-corrected chi connectivity index (χ3v) is 2.32. The Kier molecular flexibility index (Phi) is 5.11. The number of rotatable bonds is 6. The van der Waals surface area contributed by atoms with Gasteiger partial charge in [-0.3, -0.25) is 10.1 Å². The van der Waals surface area contributed by atoms with Crippen LogP contribution in [0.4, 0.5) is 11.5 Å². The van der Waals surface area contributed by atoms with Crippen LogP contribution in [-0.2, 0) is 0 Å². The summed E-state index contributed by atoms with van der Waals surface area (Å²) < 4.78 is 0. The second-order valence-corrected chi connectivity index (χ2v) is 4.23. The zero-order valence-corrected chi connectivity index (χ0v) is 10.6. The number of pyridine rings is 1. The number of nitrogens with one attached hydrogen (secondary N) is 1. The van der Waals surface area contributed by atoms with Crippen molar-refractivity contribution in [1.82, 2.24) is 9.88 Å². The highest BCUT2D eigenvalue weighted by atomic mass is 35.5. The summed E-state index contributed by atoms with van der Waals surface area (Å²) in [5.74, 6) is 0.223. The van der Waals surface area contributed by atoms with E-state index in [1.807, 2.05) is 19.0 Å². The minimum Gasteiger partial charge on any atom is -0.364 e. The van der Waals surface area contributed by atoms with Crippen molar-refractivity contribution in [2.24, 2.45) is 0 Å². The molecule has 1 N–H and O–H groups in total. The van der Waals surface area contributed by atoms with Crippen LogP contribution in [-0.4, -0.2) is 42.0 Å². The highest BCUT2D eigenvalue weighted by Crippen LogP contribution is 2.23. The Morgan fingerprint density at radius 1 is 1.53 bits per heavy atom.